The average molecular weight is 345 g/mol. The summed E-state index contributed by atoms with van der Waals surface area (Å²) >= 11 is 0. The van der Waals surface area contributed by atoms with Crippen molar-refractivity contribution in [3.05, 3.63) is 29.8 Å². The van der Waals surface area contributed by atoms with Crippen molar-refractivity contribution in [3.8, 4) is 0 Å². The molecule has 7 heteroatoms. The van der Waals surface area contributed by atoms with Gasteiger partial charge in [-0.2, -0.15) is 0 Å². The summed E-state index contributed by atoms with van der Waals surface area (Å²) in [5.41, 5.74) is 0.265. The Hall–Kier alpha value is -2.57. The first kappa shape index (κ1) is 17.3. The Bertz CT molecular complexity index is 679. The number of rotatable bonds is 6. The van der Waals surface area contributed by atoms with Crippen LogP contribution in [-0.2, 0) is 4.79 Å². The van der Waals surface area contributed by atoms with E-state index in [2.05, 4.69) is 16.0 Å². The van der Waals surface area contributed by atoms with Gasteiger partial charge in [-0.1, -0.05) is 18.9 Å². The van der Waals surface area contributed by atoms with Crippen molar-refractivity contribution in [2.75, 3.05) is 5.32 Å². The van der Waals surface area contributed by atoms with E-state index < -0.39 is 11.5 Å². The van der Waals surface area contributed by atoms with Gasteiger partial charge in [0.25, 0.3) is 5.91 Å². The van der Waals surface area contributed by atoms with E-state index in [0.717, 1.165) is 25.7 Å². The van der Waals surface area contributed by atoms with Crippen LogP contribution in [-0.4, -0.2) is 34.6 Å². The maximum atomic E-state index is 12.6. The average Bonchev–Trinajstić information content (AvgIpc) is 3.24. The van der Waals surface area contributed by atoms with Gasteiger partial charge in [0.1, 0.15) is 0 Å². The monoisotopic (exact) mass is 345 g/mol. The summed E-state index contributed by atoms with van der Waals surface area (Å²) in [7, 11) is 0. The predicted octanol–water partition coefficient (Wildman–Crippen LogP) is 2.49. The number of benzene rings is 1. The zero-order chi connectivity index (χ0) is 17.9. The fraction of sp³-hybridized carbons (Fsp3) is 0.500. The van der Waals surface area contributed by atoms with Crippen LogP contribution < -0.4 is 16.0 Å². The van der Waals surface area contributed by atoms with Crippen LogP contribution in [0.1, 0.15) is 55.3 Å². The van der Waals surface area contributed by atoms with Crippen molar-refractivity contribution < 1.29 is 19.5 Å². The van der Waals surface area contributed by atoms with Crippen LogP contribution in [0.2, 0.25) is 0 Å². The molecule has 0 atom stereocenters. The number of nitrogens with one attached hydrogen (secondary N) is 3. The van der Waals surface area contributed by atoms with Gasteiger partial charge in [-0.15, -0.1) is 0 Å². The van der Waals surface area contributed by atoms with Crippen LogP contribution in [0, 0.1) is 0 Å². The molecule has 3 rings (SSSR count). The van der Waals surface area contributed by atoms with Crippen LogP contribution in [0.15, 0.2) is 24.3 Å². The van der Waals surface area contributed by atoms with Gasteiger partial charge >= 0.3 is 12.0 Å². The maximum Gasteiger partial charge on any atom is 0.319 e. The van der Waals surface area contributed by atoms with E-state index in [4.69, 9.17) is 5.11 Å². The van der Waals surface area contributed by atoms with Crippen LogP contribution in [0.4, 0.5) is 10.5 Å². The summed E-state index contributed by atoms with van der Waals surface area (Å²) in [5, 5.41) is 17.6. The van der Waals surface area contributed by atoms with Gasteiger partial charge in [0.2, 0.25) is 0 Å². The number of carbonyl (C=O) groups excluding carboxylic acids is 2. The van der Waals surface area contributed by atoms with Gasteiger partial charge in [0, 0.05) is 17.3 Å². The second-order valence-corrected chi connectivity index (χ2v) is 6.97. The Kier molecular flexibility index (Phi) is 4.92. The molecule has 7 nitrogen and oxygen atoms in total. The molecular weight excluding hydrogens is 322 g/mol. The van der Waals surface area contributed by atoms with Gasteiger partial charge < -0.3 is 21.1 Å². The Morgan fingerprint density at radius 2 is 1.88 bits per heavy atom. The second kappa shape index (κ2) is 7.13. The number of carboxylic acid groups (broad SMARTS) is 1. The standard InChI is InChI=1S/C18H23N3O4/c22-15(23)11-18(8-1-2-9-18)21-16(24)12-4-3-5-14(10-12)20-17(25)19-13-6-7-13/h3-5,10,13H,1-2,6-9,11H2,(H,21,24)(H,22,23)(H2,19,20,25). The van der Waals surface area contributed by atoms with Crippen molar-refractivity contribution in [3.63, 3.8) is 0 Å². The predicted molar refractivity (Wildman–Crippen MR) is 92.5 cm³/mol. The minimum absolute atomic E-state index is 0.0690. The first-order valence-electron chi connectivity index (χ1n) is 8.68. The van der Waals surface area contributed by atoms with Crippen molar-refractivity contribution in [1.82, 2.24) is 10.6 Å². The number of amides is 3. The Morgan fingerprint density at radius 3 is 2.52 bits per heavy atom. The molecule has 0 heterocycles. The lowest BCUT2D eigenvalue weighted by molar-refractivity contribution is -0.138. The summed E-state index contributed by atoms with van der Waals surface area (Å²) < 4.78 is 0. The molecule has 134 valence electrons. The smallest absolute Gasteiger partial charge is 0.319 e. The molecule has 0 aliphatic heterocycles. The largest absolute Gasteiger partial charge is 0.481 e. The summed E-state index contributed by atoms with van der Waals surface area (Å²) in [6.07, 6.45) is 5.11. The molecular formula is C18H23N3O4. The lowest BCUT2D eigenvalue weighted by Gasteiger charge is -2.28. The van der Waals surface area contributed by atoms with Gasteiger partial charge in [0.05, 0.1) is 12.0 Å². The van der Waals surface area contributed by atoms with Crippen LogP contribution in [0.3, 0.4) is 0 Å². The topological polar surface area (TPSA) is 108 Å². The molecule has 3 amide bonds. The lowest BCUT2D eigenvalue weighted by Crippen LogP contribution is -2.47. The molecule has 0 unspecified atom stereocenters. The fourth-order valence-electron chi connectivity index (χ4n) is 3.32. The highest BCUT2D eigenvalue weighted by molar-refractivity contribution is 5.97. The minimum atomic E-state index is -0.908. The summed E-state index contributed by atoms with van der Waals surface area (Å²) in [5.74, 6) is -1.22. The summed E-state index contributed by atoms with van der Waals surface area (Å²) in [6, 6.07) is 6.64. The zero-order valence-electron chi connectivity index (χ0n) is 14.0. The fourth-order valence-corrected chi connectivity index (χ4v) is 3.32. The molecule has 0 radical (unpaired) electrons. The van der Waals surface area contributed by atoms with E-state index in [1.807, 2.05) is 0 Å². The highest BCUT2D eigenvalue weighted by Crippen LogP contribution is 2.33. The van der Waals surface area contributed by atoms with E-state index in [-0.39, 0.29) is 24.4 Å². The Balaban J connectivity index is 1.65. The number of hydrogen-bond acceptors (Lipinski definition) is 3. The summed E-state index contributed by atoms with van der Waals surface area (Å²) in [6.45, 7) is 0. The highest BCUT2D eigenvalue weighted by Gasteiger charge is 2.37. The van der Waals surface area contributed by atoms with Gasteiger partial charge in [-0.25, -0.2) is 4.79 Å². The van der Waals surface area contributed by atoms with E-state index in [1.165, 1.54) is 0 Å². The molecule has 2 aliphatic rings. The number of aliphatic carboxylic acids is 1. The third kappa shape index (κ3) is 4.71. The third-order valence-corrected chi connectivity index (χ3v) is 4.72. The Morgan fingerprint density at radius 1 is 1.16 bits per heavy atom. The third-order valence-electron chi connectivity index (χ3n) is 4.72. The summed E-state index contributed by atoms with van der Waals surface area (Å²) in [4.78, 5) is 35.5. The zero-order valence-corrected chi connectivity index (χ0v) is 14.0. The van der Waals surface area contributed by atoms with E-state index in [1.54, 1.807) is 24.3 Å². The first-order valence-corrected chi connectivity index (χ1v) is 8.68. The van der Waals surface area contributed by atoms with E-state index >= 15 is 0 Å². The maximum absolute atomic E-state index is 12.6. The molecule has 1 aromatic rings. The molecule has 0 spiro atoms. The van der Waals surface area contributed by atoms with Gasteiger partial charge in [-0.05, 0) is 43.9 Å². The highest BCUT2D eigenvalue weighted by atomic mass is 16.4. The normalized spacial score (nSPS) is 18.4. The number of anilines is 1. The Labute approximate surface area is 146 Å². The van der Waals surface area contributed by atoms with Gasteiger partial charge in [-0.3, -0.25) is 9.59 Å². The minimum Gasteiger partial charge on any atom is -0.481 e. The van der Waals surface area contributed by atoms with Crippen molar-refractivity contribution in [2.24, 2.45) is 0 Å². The molecule has 25 heavy (non-hydrogen) atoms. The second-order valence-electron chi connectivity index (χ2n) is 6.97. The van der Waals surface area contributed by atoms with Crippen molar-refractivity contribution in [1.29, 1.82) is 0 Å². The molecule has 0 aromatic heterocycles. The molecule has 2 saturated carbocycles. The molecule has 2 aliphatic carbocycles. The quantitative estimate of drug-likeness (QED) is 0.635. The lowest BCUT2D eigenvalue weighted by atomic mass is 9.92. The molecule has 2 fully saturated rings. The molecule has 1 aromatic carbocycles. The van der Waals surface area contributed by atoms with Crippen LogP contribution in [0.5, 0.6) is 0 Å². The van der Waals surface area contributed by atoms with Crippen LogP contribution >= 0.6 is 0 Å². The van der Waals surface area contributed by atoms with Crippen LogP contribution in [0.25, 0.3) is 0 Å². The van der Waals surface area contributed by atoms with Crippen molar-refractivity contribution >= 4 is 23.6 Å². The van der Waals surface area contributed by atoms with Crippen molar-refractivity contribution in [2.45, 2.75) is 56.5 Å². The van der Waals surface area contributed by atoms with E-state index in [0.29, 0.717) is 24.1 Å². The molecule has 0 bridgehead atoms. The number of carbonyl (C=O) groups is 3. The number of carboxylic acids is 1. The van der Waals surface area contributed by atoms with E-state index in [9.17, 15) is 14.4 Å². The number of hydrogen-bond donors (Lipinski definition) is 4. The molecule has 4 N–H and O–H groups in total. The SMILES string of the molecule is O=C(O)CC1(NC(=O)c2cccc(NC(=O)NC3CC3)c2)CCCC1. The first-order chi connectivity index (χ1) is 12.0. The van der Waals surface area contributed by atoms with Gasteiger partial charge in [0.15, 0.2) is 0 Å². The molecule has 0 saturated heterocycles. The number of urea groups is 1.